The molecule has 4 aliphatic heterocycles. The van der Waals surface area contributed by atoms with Gasteiger partial charge in [0.1, 0.15) is 30.6 Å². The Hall–Kier alpha value is -5.66. The van der Waals surface area contributed by atoms with Crippen LogP contribution >= 0.6 is 18.7 Å². The number of piperidine rings is 3. The van der Waals surface area contributed by atoms with Gasteiger partial charge < -0.3 is 39.4 Å². The molecule has 66 heavy (non-hydrogen) atoms. The van der Waals surface area contributed by atoms with Crippen molar-refractivity contribution in [2.75, 3.05) is 81.9 Å². The molecule has 3 saturated heterocycles. The van der Waals surface area contributed by atoms with E-state index in [4.69, 9.17) is 21.1 Å². The van der Waals surface area contributed by atoms with Gasteiger partial charge in [-0.2, -0.15) is 18.2 Å². The lowest BCUT2D eigenvalue weighted by Gasteiger charge is -2.47. The molecule has 1 spiro atoms. The summed E-state index contributed by atoms with van der Waals surface area (Å²) in [5.74, 6) is 5.16. The van der Waals surface area contributed by atoms with Crippen LogP contribution in [-0.2, 0) is 31.6 Å². The number of nitrogens with zero attached hydrogens (tertiary/aromatic N) is 5. The van der Waals surface area contributed by atoms with Gasteiger partial charge in [0.15, 0.2) is 5.82 Å². The second-order valence-corrected chi connectivity index (χ2v) is 21.1. The number of carbonyl (C=O) groups excluding carboxylic acids is 3. The van der Waals surface area contributed by atoms with Crippen molar-refractivity contribution in [3.05, 3.63) is 88.1 Å². The molecule has 3 N–H and O–H groups in total. The van der Waals surface area contributed by atoms with E-state index in [0.29, 0.717) is 57.9 Å². The number of fused-ring (bicyclic) bond motifs is 1. The summed E-state index contributed by atoms with van der Waals surface area (Å²) in [6.45, 7) is 8.15. The molecule has 5 heterocycles. The van der Waals surface area contributed by atoms with Crippen LogP contribution in [0.4, 0.5) is 42.0 Å². The van der Waals surface area contributed by atoms with Crippen LogP contribution in [0.1, 0.15) is 65.6 Å². The molecule has 19 heteroatoms. The SMILES string of the molecule is COc1cc(N2CCC3(CCN(CCOCC#Cc4cc(C(F)(F)F)cc5c4CN(C4CCC(=O)NC4=O)C5=O)CC3)CC2)ccc1Nc1ncc(Cl)c(Nc2ccccc2P(C)(C)=O)n1. The Labute approximate surface area is 386 Å². The molecule has 3 amide bonds. The van der Waals surface area contributed by atoms with Gasteiger partial charge in [-0.1, -0.05) is 35.6 Å². The fraction of sp³-hybridized carbons (Fsp3) is 0.426. The van der Waals surface area contributed by atoms with Crippen molar-refractivity contribution in [2.45, 2.75) is 57.3 Å². The number of amides is 3. The predicted octanol–water partition coefficient (Wildman–Crippen LogP) is 7.40. The molecule has 14 nitrogen and oxygen atoms in total. The topological polar surface area (TPSA) is 158 Å². The van der Waals surface area contributed by atoms with Crippen molar-refractivity contribution in [3.63, 3.8) is 0 Å². The minimum Gasteiger partial charge on any atom is -0.494 e. The average Bonchev–Trinajstić information content (AvgIpc) is 3.62. The average molecular weight is 947 g/mol. The van der Waals surface area contributed by atoms with Crippen LogP contribution < -0.4 is 30.9 Å². The molecule has 3 fully saturated rings. The van der Waals surface area contributed by atoms with Crippen LogP contribution in [-0.4, -0.2) is 110 Å². The van der Waals surface area contributed by atoms with E-state index in [1.807, 2.05) is 36.4 Å². The summed E-state index contributed by atoms with van der Waals surface area (Å²) >= 11 is 6.48. The van der Waals surface area contributed by atoms with Crippen LogP contribution in [0.15, 0.2) is 60.8 Å². The number of aromatic nitrogens is 2. The molecule has 1 unspecified atom stereocenters. The summed E-state index contributed by atoms with van der Waals surface area (Å²) < 4.78 is 66.1. The lowest BCUT2D eigenvalue weighted by atomic mass is 9.71. The molecule has 3 aromatic carbocycles. The van der Waals surface area contributed by atoms with E-state index < -0.39 is 42.6 Å². The number of carbonyl (C=O) groups is 3. The number of para-hydroxylation sites is 1. The van der Waals surface area contributed by atoms with Crippen molar-refractivity contribution >= 4 is 70.6 Å². The molecule has 0 aliphatic carbocycles. The Bertz CT molecular complexity index is 2630. The molecule has 0 radical (unpaired) electrons. The fourth-order valence-corrected chi connectivity index (χ4v) is 10.5. The van der Waals surface area contributed by atoms with Gasteiger partial charge in [0.25, 0.3) is 5.91 Å². The summed E-state index contributed by atoms with van der Waals surface area (Å²) in [4.78, 5) is 52.3. The number of likely N-dealkylation sites (tertiary alicyclic amines) is 1. The van der Waals surface area contributed by atoms with E-state index in [2.05, 4.69) is 53.6 Å². The van der Waals surface area contributed by atoms with Crippen LogP contribution in [0.2, 0.25) is 5.02 Å². The van der Waals surface area contributed by atoms with Crippen molar-refractivity contribution in [2.24, 2.45) is 5.41 Å². The van der Waals surface area contributed by atoms with Crippen molar-refractivity contribution in [1.82, 2.24) is 25.1 Å². The highest BCUT2D eigenvalue weighted by Crippen LogP contribution is 2.44. The number of ether oxygens (including phenoxy) is 2. The van der Waals surface area contributed by atoms with Gasteiger partial charge in [-0.05, 0) is 106 Å². The number of hydrogen-bond donors (Lipinski definition) is 3. The van der Waals surface area contributed by atoms with Gasteiger partial charge >= 0.3 is 6.18 Å². The minimum absolute atomic E-state index is 0.00201. The first-order chi connectivity index (χ1) is 31.5. The number of nitrogens with one attached hydrogen (secondary N) is 3. The van der Waals surface area contributed by atoms with Crippen molar-refractivity contribution < 1.29 is 41.6 Å². The molecule has 0 saturated carbocycles. The highest BCUT2D eigenvalue weighted by Gasteiger charge is 2.42. The summed E-state index contributed by atoms with van der Waals surface area (Å²) in [6.07, 6.45) is 1.20. The third kappa shape index (κ3) is 10.5. The lowest BCUT2D eigenvalue weighted by molar-refractivity contribution is -0.138. The van der Waals surface area contributed by atoms with Crippen LogP contribution in [0.5, 0.6) is 5.75 Å². The zero-order chi connectivity index (χ0) is 46.8. The van der Waals surface area contributed by atoms with Crippen LogP contribution in [0.25, 0.3) is 0 Å². The highest BCUT2D eigenvalue weighted by atomic mass is 35.5. The molecule has 8 rings (SSSR count). The zero-order valence-electron chi connectivity index (χ0n) is 36.9. The maximum Gasteiger partial charge on any atom is 0.416 e. The number of methoxy groups -OCH3 is 1. The number of halogens is 4. The second-order valence-electron chi connectivity index (χ2n) is 17.5. The van der Waals surface area contributed by atoms with E-state index in [-0.39, 0.29) is 42.5 Å². The van der Waals surface area contributed by atoms with E-state index in [9.17, 15) is 32.1 Å². The summed E-state index contributed by atoms with van der Waals surface area (Å²) in [6, 6.07) is 14.2. The number of hydrogen-bond acceptors (Lipinski definition) is 12. The van der Waals surface area contributed by atoms with E-state index in [1.165, 1.54) is 11.1 Å². The molecular weight excluding hydrogens is 896 g/mol. The van der Waals surface area contributed by atoms with E-state index in [0.717, 1.165) is 69.7 Å². The van der Waals surface area contributed by atoms with Gasteiger partial charge in [-0.15, -0.1) is 0 Å². The third-order valence-corrected chi connectivity index (χ3v) is 14.8. The van der Waals surface area contributed by atoms with E-state index >= 15 is 0 Å². The quantitative estimate of drug-likeness (QED) is 0.0561. The molecule has 4 aromatic rings. The first-order valence-electron chi connectivity index (χ1n) is 21.8. The first kappa shape index (κ1) is 46.9. The summed E-state index contributed by atoms with van der Waals surface area (Å²) in [5.41, 5.74) is 1.92. The Morgan fingerprint density at radius 3 is 2.44 bits per heavy atom. The van der Waals surface area contributed by atoms with Gasteiger partial charge in [0.2, 0.25) is 17.8 Å². The monoisotopic (exact) mass is 946 g/mol. The molecule has 1 aromatic heterocycles. The predicted molar refractivity (Wildman–Crippen MR) is 247 cm³/mol. The normalized spacial score (nSPS) is 18.7. The largest absolute Gasteiger partial charge is 0.494 e. The molecule has 1 atom stereocenters. The first-order valence-corrected chi connectivity index (χ1v) is 24.8. The fourth-order valence-electron chi connectivity index (χ4n) is 9.17. The number of imide groups is 1. The zero-order valence-corrected chi connectivity index (χ0v) is 38.5. The number of alkyl halides is 3. The van der Waals surface area contributed by atoms with Gasteiger partial charge in [0, 0.05) is 60.8 Å². The van der Waals surface area contributed by atoms with Gasteiger partial charge in [-0.3, -0.25) is 19.7 Å². The molecule has 4 aliphatic rings. The smallest absolute Gasteiger partial charge is 0.416 e. The maximum absolute atomic E-state index is 13.8. The minimum atomic E-state index is -4.71. The second kappa shape index (κ2) is 19.3. The summed E-state index contributed by atoms with van der Waals surface area (Å²) in [7, 11) is -0.949. The lowest BCUT2D eigenvalue weighted by Crippen LogP contribution is -2.52. The Kier molecular flexibility index (Phi) is 13.7. The number of benzene rings is 3. The molecular formula is C47H51ClF3N8O6P. The van der Waals surface area contributed by atoms with Gasteiger partial charge in [-0.25, -0.2) is 4.98 Å². The van der Waals surface area contributed by atoms with Crippen LogP contribution in [0, 0.1) is 17.3 Å². The van der Waals surface area contributed by atoms with Crippen LogP contribution in [0.3, 0.4) is 0 Å². The number of rotatable bonds is 12. The van der Waals surface area contributed by atoms with Gasteiger partial charge in [0.05, 0.1) is 36.9 Å². The van der Waals surface area contributed by atoms with Crippen molar-refractivity contribution in [1.29, 1.82) is 0 Å². The Balaban J connectivity index is 0.805. The number of anilines is 5. The molecule has 0 bridgehead atoms. The van der Waals surface area contributed by atoms with E-state index in [1.54, 1.807) is 20.4 Å². The maximum atomic E-state index is 13.8. The Morgan fingerprint density at radius 2 is 1.73 bits per heavy atom. The summed E-state index contributed by atoms with van der Waals surface area (Å²) in [5, 5.41) is 9.71. The van der Waals surface area contributed by atoms with Crippen molar-refractivity contribution in [3.8, 4) is 17.6 Å². The Morgan fingerprint density at radius 1 is 0.985 bits per heavy atom. The standard InChI is InChI=1S/C47H51ClF3N8O6P/c1-64-39-27-32(10-11-36(39)54-45-52-28-35(48)42(56-45)53-37-8-4-5-9-40(37)66(2,3)63)58-20-16-46(17-21-58)14-18-57(19-15-46)22-24-65-23-6-7-30-25-31(47(49,50)51)26-33-34(30)29-59(44(33)62)38-12-13-41(60)55-43(38)61/h4-5,8-11,25-28,38H,12-24,29H2,1-3H3,(H,55,60,61)(H2,52,53,54,56). The highest BCUT2D eigenvalue weighted by molar-refractivity contribution is 7.70. The molecule has 348 valence electrons. The third-order valence-electron chi connectivity index (χ3n) is 13.0.